The van der Waals surface area contributed by atoms with E-state index in [0.717, 1.165) is 10.8 Å². The van der Waals surface area contributed by atoms with E-state index in [1.807, 2.05) is 31.2 Å². The third-order valence-corrected chi connectivity index (χ3v) is 2.26. The maximum Gasteiger partial charge on any atom is 0.222 e. The van der Waals surface area contributed by atoms with E-state index in [-0.39, 0.29) is 5.84 Å². The largest absolute Gasteiger partial charge is 0.478 e. The van der Waals surface area contributed by atoms with Crippen molar-refractivity contribution >= 4 is 16.6 Å². The van der Waals surface area contributed by atoms with Crippen molar-refractivity contribution in [3.05, 3.63) is 36.0 Å². The fourth-order valence-corrected chi connectivity index (χ4v) is 1.55. The van der Waals surface area contributed by atoms with Gasteiger partial charge in [-0.1, -0.05) is 18.2 Å². The van der Waals surface area contributed by atoms with E-state index < -0.39 is 0 Å². The van der Waals surface area contributed by atoms with Crippen LogP contribution >= 0.6 is 0 Å². The topological polar surface area (TPSA) is 72.0 Å². The highest BCUT2D eigenvalue weighted by molar-refractivity contribution is 5.98. The molecule has 0 spiro atoms. The number of nitrogens with one attached hydrogen (secondary N) is 1. The molecule has 2 rings (SSSR count). The summed E-state index contributed by atoms with van der Waals surface area (Å²) < 4.78 is 5.45. The Kier molecular flexibility index (Phi) is 2.72. The van der Waals surface area contributed by atoms with E-state index in [4.69, 9.17) is 15.9 Å². The summed E-state index contributed by atoms with van der Waals surface area (Å²) in [5.74, 6) is 0.484. The molecule has 1 aromatic carbocycles. The van der Waals surface area contributed by atoms with E-state index in [0.29, 0.717) is 18.2 Å². The Labute approximate surface area is 93.6 Å². The van der Waals surface area contributed by atoms with E-state index in [1.165, 1.54) is 0 Å². The van der Waals surface area contributed by atoms with Gasteiger partial charge in [0.15, 0.2) is 0 Å². The average Bonchev–Trinajstić information content (AvgIpc) is 2.29. The van der Waals surface area contributed by atoms with E-state index in [2.05, 4.69) is 4.98 Å². The molecule has 0 amide bonds. The number of hydrogen-bond acceptors (Lipinski definition) is 3. The van der Waals surface area contributed by atoms with E-state index in [9.17, 15) is 0 Å². The highest BCUT2D eigenvalue weighted by Gasteiger charge is 2.07. The van der Waals surface area contributed by atoms with Gasteiger partial charge in [0.05, 0.1) is 6.61 Å². The Bertz CT molecular complexity index is 537. The molecule has 0 saturated carbocycles. The summed E-state index contributed by atoms with van der Waals surface area (Å²) in [5, 5.41) is 9.32. The summed E-state index contributed by atoms with van der Waals surface area (Å²) >= 11 is 0. The number of nitrogens with two attached hydrogens (primary N) is 1. The number of nitrogen functional groups attached to an aromatic ring is 1. The van der Waals surface area contributed by atoms with Crippen molar-refractivity contribution in [1.82, 2.24) is 4.98 Å². The van der Waals surface area contributed by atoms with Crippen LogP contribution in [0, 0.1) is 5.41 Å². The summed E-state index contributed by atoms with van der Waals surface area (Å²) in [6.07, 6.45) is 0. The molecular formula is C12H13N3O. The summed E-state index contributed by atoms with van der Waals surface area (Å²) in [5.41, 5.74) is 5.88. The quantitative estimate of drug-likeness (QED) is 0.607. The van der Waals surface area contributed by atoms with Crippen LogP contribution in [0.4, 0.5) is 0 Å². The van der Waals surface area contributed by atoms with Crippen molar-refractivity contribution in [3.8, 4) is 5.88 Å². The molecule has 0 bridgehead atoms. The minimum atomic E-state index is -0.0493. The van der Waals surface area contributed by atoms with E-state index >= 15 is 0 Å². The van der Waals surface area contributed by atoms with Gasteiger partial charge in [-0.05, 0) is 24.4 Å². The normalized spacial score (nSPS) is 10.3. The monoisotopic (exact) mass is 215 g/mol. The van der Waals surface area contributed by atoms with Crippen LogP contribution in [-0.4, -0.2) is 17.4 Å². The zero-order chi connectivity index (χ0) is 11.5. The lowest BCUT2D eigenvalue weighted by atomic mass is 10.1. The lowest BCUT2D eigenvalue weighted by Crippen LogP contribution is -2.13. The Balaban J connectivity index is 2.68. The van der Waals surface area contributed by atoms with Crippen LogP contribution in [0.25, 0.3) is 10.8 Å². The lowest BCUT2D eigenvalue weighted by Gasteiger charge is -2.08. The molecular weight excluding hydrogens is 202 g/mol. The number of fused-ring (bicyclic) bond motifs is 1. The number of pyridine rings is 1. The SMILES string of the molecule is CCOc1nc(C(=N)N)cc2ccccc12. The van der Waals surface area contributed by atoms with Gasteiger partial charge < -0.3 is 10.5 Å². The minimum absolute atomic E-state index is 0.0493. The number of benzene rings is 1. The molecule has 16 heavy (non-hydrogen) atoms. The molecule has 0 saturated heterocycles. The maximum absolute atomic E-state index is 7.40. The van der Waals surface area contributed by atoms with Gasteiger partial charge in [0.25, 0.3) is 0 Å². The molecule has 2 aromatic rings. The highest BCUT2D eigenvalue weighted by atomic mass is 16.5. The fourth-order valence-electron chi connectivity index (χ4n) is 1.55. The van der Waals surface area contributed by atoms with E-state index in [1.54, 1.807) is 6.07 Å². The van der Waals surface area contributed by atoms with Crippen LogP contribution < -0.4 is 10.5 Å². The van der Waals surface area contributed by atoms with Gasteiger partial charge in [-0.2, -0.15) is 0 Å². The first-order valence-corrected chi connectivity index (χ1v) is 5.09. The van der Waals surface area contributed by atoms with Gasteiger partial charge in [-0.3, -0.25) is 5.41 Å². The zero-order valence-corrected chi connectivity index (χ0v) is 9.03. The average molecular weight is 215 g/mol. The molecule has 4 heteroatoms. The van der Waals surface area contributed by atoms with Crippen molar-refractivity contribution in [2.45, 2.75) is 6.92 Å². The predicted molar refractivity (Wildman–Crippen MR) is 63.9 cm³/mol. The lowest BCUT2D eigenvalue weighted by molar-refractivity contribution is 0.331. The number of nitrogens with zero attached hydrogens (tertiary/aromatic N) is 1. The molecule has 1 heterocycles. The zero-order valence-electron chi connectivity index (χ0n) is 9.03. The smallest absolute Gasteiger partial charge is 0.222 e. The van der Waals surface area contributed by atoms with Gasteiger partial charge in [0, 0.05) is 5.39 Å². The first-order valence-electron chi connectivity index (χ1n) is 5.09. The number of rotatable bonds is 3. The third kappa shape index (κ3) is 1.82. The van der Waals surface area contributed by atoms with Crippen LogP contribution in [0.15, 0.2) is 30.3 Å². The second-order valence-electron chi connectivity index (χ2n) is 3.38. The Morgan fingerprint density at radius 3 is 2.88 bits per heavy atom. The summed E-state index contributed by atoms with van der Waals surface area (Å²) in [7, 11) is 0. The van der Waals surface area contributed by atoms with Crippen molar-refractivity contribution in [2.24, 2.45) is 5.73 Å². The minimum Gasteiger partial charge on any atom is -0.478 e. The van der Waals surface area contributed by atoms with Gasteiger partial charge in [0.2, 0.25) is 5.88 Å². The summed E-state index contributed by atoms with van der Waals surface area (Å²) in [6.45, 7) is 2.44. The highest BCUT2D eigenvalue weighted by Crippen LogP contribution is 2.24. The van der Waals surface area contributed by atoms with Gasteiger partial charge in [-0.25, -0.2) is 4.98 Å². The molecule has 4 nitrogen and oxygen atoms in total. The van der Waals surface area contributed by atoms with Crippen LogP contribution in [0.3, 0.4) is 0 Å². The molecule has 1 aromatic heterocycles. The molecule has 0 fully saturated rings. The second kappa shape index (κ2) is 4.18. The van der Waals surface area contributed by atoms with Crippen LogP contribution in [-0.2, 0) is 0 Å². The maximum atomic E-state index is 7.40. The van der Waals surface area contributed by atoms with Crippen LogP contribution in [0.5, 0.6) is 5.88 Å². The molecule has 0 unspecified atom stereocenters. The van der Waals surface area contributed by atoms with Gasteiger partial charge in [-0.15, -0.1) is 0 Å². The Hall–Kier alpha value is -2.10. The number of aromatic nitrogens is 1. The van der Waals surface area contributed by atoms with Crippen molar-refractivity contribution in [3.63, 3.8) is 0 Å². The fraction of sp³-hybridized carbons (Fsp3) is 0.167. The van der Waals surface area contributed by atoms with Crippen molar-refractivity contribution in [2.75, 3.05) is 6.61 Å². The van der Waals surface area contributed by atoms with Crippen molar-refractivity contribution in [1.29, 1.82) is 5.41 Å². The van der Waals surface area contributed by atoms with Crippen molar-refractivity contribution < 1.29 is 4.74 Å². The number of ether oxygens (including phenoxy) is 1. The summed E-state index contributed by atoms with van der Waals surface area (Å²) in [6, 6.07) is 9.55. The molecule has 0 aliphatic carbocycles. The molecule has 3 N–H and O–H groups in total. The molecule has 0 aliphatic heterocycles. The third-order valence-electron chi connectivity index (χ3n) is 2.26. The first kappa shape index (κ1) is 10.4. The second-order valence-corrected chi connectivity index (χ2v) is 3.38. The molecule has 82 valence electrons. The van der Waals surface area contributed by atoms with Gasteiger partial charge >= 0.3 is 0 Å². The molecule has 0 atom stereocenters. The Morgan fingerprint density at radius 2 is 2.19 bits per heavy atom. The molecule has 0 aliphatic rings. The molecule has 0 radical (unpaired) electrons. The predicted octanol–water partition coefficient (Wildman–Crippen LogP) is 1.92. The van der Waals surface area contributed by atoms with Crippen LogP contribution in [0.2, 0.25) is 0 Å². The first-order chi connectivity index (χ1) is 7.72. The number of amidine groups is 1. The standard InChI is InChI=1S/C12H13N3O/c1-2-16-12-9-6-4-3-5-8(9)7-10(15-12)11(13)14/h3-7H,2H2,1H3,(H3,13,14). The number of hydrogen-bond donors (Lipinski definition) is 2. The van der Waals surface area contributed by atoms with Crippen LogP contribution in [0.1, 0.15) is 12.6 Å². The Morgan fingerprint density at radius 1 is 1.44 bits per heavy atom. The van der Waals surface area contributed by atoms with Gasteiger partial charge in [0.1, 0.15) is 11.5 Å². The summed E-state index contributed by atoms with van der Waals surface area (Å²) in [4.78, 5) is 4.22.